The Labute approximate surface area is 191 Å². The van der Waals surface area contributed by atoms with Crippen molar-refractivity contribution < 1.29 is 14.3 Å². The summed E-state index contributed by atoms with van der Waals surface area (Å²) in [5.41, 5.74) is 0. The highest BCUT2D eigenvalue weighted by atomic mass is 32.2. The third-order valence-corrected chi connectivity index (χ3v) is 9.18. The molecule has 0 bridgehead atoms. The van der Waals surface area contributed by atoms with E-state index in [1.807, 2.05) is 11.8 Å². The van der Waals surface area contributed by atoms with Crippen molar-refractivity contribution in [2.45, 2.75) is 81.2 Å². The van der Waals surface area contributed by atoms with Gasteiger partial charge in [-0.05, 0) is 57.5 Å². The minimum atomic E-state index is -0.0245. The number of unbranched alkanes of at least 4 members (excludes halogenated alkanes) is 1. The summed E-state index contributed by atoms with van der Waals surface area (Å²) in [6.45, 7) is 4.69. The summed E-state index contributed by atoms with van der Waals surface area (Å²) in [4.78, 5) is 29.4. The third-order valence-electron chi connectivity index (χ3n) is 7.67. The smallest absolute Gasteiger partial charge is 0.315 e. The Morgan fingerprint density at radius 2 is 2.06 bits per heavy atom. The number of nitrogens with one attached hydrogen (secondary N) is 2. The molecule has 4 aliphatic heterocycles. The van der Waals surface area contributed by atoms with Gasteiger partial charge in [-0.15, -0.1) is 0 Å². The molecule has 0 saturated carbocycles. The number of methoxy groups -OCH3 is 1. The number of hydrogen-bond acceptors (Lipinski definition) is 5. The average Bonchev–Trinajstić information content (AvgIpc) is 3.33. The van der Waals surface area contributed by atoms with Crippen molar-refractivity contribution in [3.8, 4) is 0 Å². The summed E-state index contributed by atoms with van der Waals surface area (Å²) in [6.07, 6.45) is 10.1. The minimum Gasteiger partial charge on any atom is -0.383 e. The molecule has 0 unspecified atom stereocenters. The van der Waals surface area contributed by atoms with Gasteiger partial charge >= 0.3 is 6.03 Å². The van der Waals surface area contributed by atoms with Crippen molar-refractivity contribution in [1.29, 1.82) is 0 Å². The first-order valence-corrected chi connectivity index (χ1v) is 13.4. The topological polar surface area (TPSA) is 73.9 Å². The number of hydrogen-bond donors (Lipinski definition) is 2. The van der Waals surface area contributed by atoms with Crippen LogP contribution in [-0.4, -0.2) is 90.8 Å². The average molecular weight is 453 g/mol. The Bertz CT molecular complexity index is 620. The maximum atomic E-state index is 13.1. The van der Waals surface area contributed by atoms with Gasteiger partial charge in [0, 0.05) is 43.7 Å². The molecule has 176 valence electrons. The van der Waals surface area contributed by atoms with E-state index in [-0.39, 0.29) is 24.0 Å². The molecule has 3 amide bonds. The van der Waals surface area contributed by atoms with Gasteiger partial charge in [-0.1, -0.05) is 12.8 Å². The summed E-state index contributed by atoms with van der Waals surface area (Å²) in [6, 6.07) is 1.19. The summed E-state index contributed by atoms with van der Waals surface area (Å²) in [7, 11) is 1.72. The summed E-state index contributed by atoms with van der Waals surface area (Å²) >= 11 is 1.95. The lowest BCUT2D eigenvalue weighted by Crippen LogP contribution is -2.52. The van der Waals surface area contributed by atoms with Crippen LogP contribution >= 0.6 is 11.8 Å². The zero-order chi connectivity index (χ0) is 21.6. The van der Waals surface area contributed by atoms with Crippen LogP contribution in [0, 0.1) is 5.92 Å². The molecule has 0 radical (unpaired) electrons. The van der Waals surface area contributed by atoms with Gasteiger partial charge in [0.2, 0.25) is 5.91 Å². The van der Waals surface area contributed by atoms with Crippen LogP contribution in [0.1, 0.15) is 57.8 Å². The SMILES string of the molecule is COCCN(C[C@@H]1CCCN2CCCC[C@H]12)C(=O)CCCC[C@@H]1SC[C@@H]2NC(=O)N[C@@H]21. The fraction of sp³-hybridized carbons (Fsp3) is 0.913. The standard InChI is InChI=1S/C23H40N4O3S/c1-30-14-13-27(15-17-7-6-12-26-11-5-4-8-19(17)26)21(28)10-3-2-9-20-22-18(16-31-20)24-23(29)25-22/h17-20,22H,2-16H2,1H3,(H2,24,25,29)/t17-,18-,19+,20-,22-/m0/s1. The summed E-state index contributed by atoms with van der Waals surface area (Å²) < 4.78 is 5.31. The van der Waals surface area contributed by atoms with Gasteiger partial charge in [-0.2, -0.15) is 11.8 Å². The van der Waals surface area contributed by atoms with E-state index in [2.05, 4.69) is 20.4 Å². The van der Waals surface area contributed by atoms with E-state index >= 15 is 0 Å². The second kappa shape index (κ2) is 11.2. The van der Waals surface area contributed by atoms with Crippen molar-refractivity contribution >= 4 is 23.7 Å². The van der Waals surface area contributed by atoms with Crippen LogP contribution in [0.2, 0.25) is 0 Å². The quantitative estimate of drug-likeness (QED) is 0.393. The van der Waals surface area contributed by atoms with Gasteiger partial charge in [-0.25, -0.2) is 4.79 Å². The largest absolute Gasteiger partial charge is 0.383 e. The van der Waals surface area contributed by atoms with Crippen molar-refractivity contribution in [2.24, 2.45) is 5.92 Å². The molecule has 7 nitrogen and oxygen atoms in total. The number of piperidine rings is 2. The van der Waals surface area contributed by atoms with Gasteiger partial charge in [0.05, 0.1) is 18.7 Å². The molecule has 4 aliphatic rings. The molecular weight excluding hydrogens is 412 g/mol. The van der Waals surface area contributed by atoms with E-state index < -0.39 is 0 Å². The van der Waals surface area contributed by atoms with Gasteiger partial charge < -0.3 is 25.2 Å². The minimum absolute atomic E-state index is 0.0245. The molecular formula is C23H40N4O3S. The Hall–Kier alpha value is -0.990. The second-order valence-corrected chi connectivity index (χ2v) is 11.0. The highest BCUT2D eigenvalue weighted by Crippen LogP contribution is 2.34. The lowest BCUT2D eigenvalue weighted by molar-refractivity contribution is -0.133. The van der Waals surface area contributed by atoms with E-state index in [0.717, 1.165) is 31.6 Å². The van der Waals surface area contributed by atoms with E-state index in [9.17, 15) is 9.59 Å². The zero-order valence-corrected chi connectivity index (χ0v) is 19.8. The summed E-state index contributed by atoms with van der Waals surface area (Å²) in [5.74, 6) is 1.90. The van der Waals surface area contributed by atoms with Crippen LogP contribution in [-0.2, 0) is 9.53 Å². The number of urea groups is 1. The monoisotopic (exact) mass is 452 g/mol. The molecule has 4 fully saturated rings. The number of carbonyl (C=O) groups excluding carboxylic acids is 2. The predicted octanol–water partition coefficient (Wildman–Crippen LogP) is 2.45. The first-order chi connectivity index (χ1) is 15.2. The number of nitrogens with zero attached hydrogens (tertiary/aromatic N) is 2. The van der Waals surface area contributed by atoms with E-state index in [1.54, 1.807) is 7.11 Å². The highest BCUT2D eigenvalue weighted by molar-refractivity contribution is 8.00. The van der Waals surface area contributed by atoms with Crippen LogP contribution in [0.25, 0.3) is 0 Å². The molecule has 0 aromatic carbocycles. The van der Waals surface area contributed by atoms with Gasteiger partial charge in [0.15, 0.2) is 0 Å². The molecule has 0 aliphatic carbocycles. The Morgan fingerprint density at radius 3 is 2.94 bits per heavy atom. The number of carbonyl (C=O) groups is 2. The van der Waals surface area contributed by atoms with E-state index in [4.69, 9.17) is 4.74 Å². The number of thioether (sulfide) groups is 1. The van der Waals surface area contributed by atoms with Crippen LogP contribution in [0.3, 0.4) is 0 Å². The Morgan fingerprint density at radius 1 is 1.19 bits per heavy atom. The number of amides is 3. The maximum Gasteiger partial charge on any atom is 0.315 e. The van der Waals surface area contributed by atoms with E-state index in [0.29, 0.717) is 36.8 Å². The molecule has 4 saturated heterocycles. The van der Waals surface area contributed by atoms with Gasteiger partial charge in [-0.3, -0.25) is 4.79 Å². The number of fused-ring (bicyclic) bond motifs is 2. The fourth-order valence-electron chi connectivity index (χ4n) is 6.02. The normalized spacial score (nSPS) is 32.8. The van der Waals surface area contributed by atoms with Crippen molar-refractivity contribution in [1.82, 2.24) is 20.4 Å². The second-order valence-electron chi connectivity index (χ2n) is 9.70. The molecule has 2 N–H and O–H groups in total. The summed E-state index contributed by atoms with van der Waals surface area (Å²) in [5, 5.41) is 6.54. The zero-order valence-electron chi connectivity index (χ0n) is 19.0. The van der Waals surface area contributed by atoms with Gasteiger partial charge in [0.1, 0.15) is 0 Å². The first kappa shape index (κ1) is 23.2. The third kappa shape index (κ3) is 5.88. The molecule has 8 heteroatoms. The van der Waals surface area contributed by atoms with E-state index in [1.165, 1.54) is 45.2 Å². The molecule has 4 rings (SSSR count). The molecule has 5 atom stereocenters. The lowest BCUT2D eigenvalue weighted by Gasteiger charge is -2.45. The van der Waals surface area contributed by atoms with Crippen LogP contribution in [0.4, 0.5) is 4.79 Å². The lowest BCUT2D eigenvalue weighted by atomic mass is 9.83. The number of rotatable bonds is 10. The Balaban J connectivity index is 1.22. The van der Waals surface area contributed by atoms with Crippen LogP contribution in [0.5, 0.6) is 0 Å². The number of ether oxygens (including phenoxy) is 1. The van der Waals surface area contributed by atoms with Crippen LogP contribution < -0.4 is 10.6 Å². The molecule has 4 heterocycles. The van der Waals surface area contributed by atoms with Crippen molar-refractivity contribution in [3.63, 3.8) is 0 Å². The van der Waals surface area contributed by atoms with Crippen LogP contribution in [0.15, 0.2) is 0 Å². The van der Waals surface area contributed by atoms with Crippen molar-refractivity contribution in [2.75, 3.05) is 45.6 Å². The molecule has 0 spiro atoms. The highest BCUT2D eigenvalue weighted by Gasteiger charge is 2.42. The molecule has 0 aromatic heterocycles. The molecule has 0 aromatic rings. The Kier molecular flexibility index (Phi) is 8.40. The molecule has 31 heavy (non-hydrogen) atoms. The maximum absolute atomic E-state index is 13.1. The fourth-order valence-corrected chi connectivity index (χ4v) is 7.56. The van der Waals surface area contributed by atoms with Gasteiger partial charge in [0.25, 0.3) is 0 Å². The van der Waals surface area contributed by atoms with Crippen molar-refractivity contribution in [3.05, 3.63) is 0 Å². The first-order valence-electron chi connectivity index (χ1n) is 12.3. The predicted molar refractivity (Wildman–Crippen MR) is 124 cm³/mol.